The van der Waals surface area contributed by atoms with Crippen LogP contribution in [0, 0.1) is 6.92 Å². The van der Waals surface area contributed by atoms with Crippen molar-refractivity contribution in [1.82, 2.24) is 4.98 Å². The minimum Gasteiger partial charge on any atom is -0.464 e. The number of hydrogen-bond donors (Lipinski definition) is 1. The zero-order valence-corrected chi connectivity index (χ0v) is 8.88. The maximum atomic E-state index is 11.1. The van der Waals surface area contributed by atoms with Crippen LogP contribution in [0.15, 0.2) is 10.5 Å². The summed E-state index contributed by atoms with van der Waals surface area (Å²) >= 11 is 3.22. The highest BCUT2D eigenvalue weighted by atomic mass is 79.9. The van der Waals surface area contributed by atoms with Gasteiger partial charge in [0, 0.05) is 4.47 Å². The average molecular weight is 245 g/mol. The summed E-state index contributed by atoms with van der Waals surface area (Å²) in [5, 5.41) is 0. The Kier molecular flexibility index (Phi) is 2.87. The number of nitrogens with two attached hydrogens (primary N) is 1. The Morgan fingerprint density at radius 1 is 1.69 bits per heavy atom. The molecule has 13 heavy (non-hydrogen) atoms. The Hall–Kier alpha value is -1.10. The molecule has 0 bridgehead atoms. The number of anilines is 1. The van der Waals surface area contributed by atoms with Crippen molar-refractivity contribution >= 4 is 27.6 Å². The minimum absolute atomic E-state index is 0.251. The van der Waals surface area contributed by atoms with Crippen LogP contribution in [0.4, 0.5) is 5.69 Å². The van der Waals surface area contributed by atoms with Crippen molar-refractivity contribution in [3.8, 4) is 0 Å². The molecule has 0 radical (unpaired) electrons. The molecule has 1 rings (SSSR count). The molecule has 5 heteroatoms. The number of pyridine rings is 1. The fraction of sp³-hybridized carbons (Fsp3) is 0.250. The van der Waals surface area contributed by atoms with E-state index in [1.165, 1.54) is 13.2 Å². The highest BCUT2D eigenvalue weighted by molar-refractivity contribution is 9.10. The number of carbonyl (C=O) groups is 1. The number of methoxy groups -OCH3 is 1. The van der Waals surface area contributed by atoms with Gasteiger partial charge in [-0.1, -0.05) is 0 Å². The highest BCUT2D eigenvalue weighted by Crippen LogP contribution is 2.22. The molecule has 2 N–H and O–H groups in total. The smallest absolute Gasteiger partial charge is 0.356 e. The quantitative estimate of drug-likeness (QED) is 0.762. The molecule has 0 atom stereocenters. The number of aromatic nitrogens is 1. The Balaban J connectivity index is 3.20. The second-order valence-electron chi connectivity index (χ2n) is 2.48. The van der Waals surface area contributed by atoms with Gasteiger partial charge in [0.15, 0.2) is 0 Å². The largest absolute Gasteiger partial charge is 0.464 e. The number of ether oxygens (including phenoxy) is 1. The maximum Gasteiger partial charge on any atom is 0.356 e. The number of esters is 1. The van der Waals surface area contributed by atoms with Gasteiger partial charge < -0.3 is 10.5 Å². The lowest BCUT2D eigenvalue weighted by molar-refractivity contribution is 0.0594. The number of hydrogen-bond acceptors (Lipinski definition) is 4. The van der Waals surface area contributed by atoms with Crippen LogP contribution in [0.5, 0.6) is 0 Å². The first-order chi connectivity index (χ1) is 6.06. The van der Waals surface area contributed by atoms with E-state index in [2.05, 4.69) is 25.7 Å². The molecule has 1 aromatic rings. The minimum atomic E-state index is -0.469. The van der Waals surface area contributed by atoms with E-state index in [-0.39, 0.29) is 5.69 Å². The van der Waals surface area contributed by atoms with Crippen molar-refractivity contribution < 1.29 is 9.53 Å². The van der Waals surface area contributed by atoms with Gasteiger partial charge in [-0.05, 0) is 28.9 Å². The number of carbonyl (C=O) groups excluding carboxylic acids is 1. The lowest BCUT2D eigenvalue weighted by Crippen LogP contribution is -2.07. The second-order valence-corrected chi connectivity index (χ2v) is 3.33. The van der Waals surface area contributed by atoms with E-state index in [0.29, 0.717) is 15.9 Å². The molecule has 0 aliphatic rings. The standard InChI is InChI=1S/C8H9BrN2O2/c1-4-7(10)5(9)3-6(11-4)8(12)13-2/h3H,10H2,1-2H3. The summed E-state index contributed by atoms with van der Waals surface area (Å²) in [6.45, 7) is 1.73. The van der Waals surface area contributed by atoms with Crippen molar-refractivity contribution in [1.29, 1.82) is 0 Å². The van der Waals surface area contributed by atoms with Gasteiger partial charge >= 0.3 is 5.97 Å². The lowest BCUT2D eigenvalue weighted by atomic mass is 10.3. The zero-order chi connectivity index (χ0) is 10.0. The predicted octanol–water partition coefficient (Wildman–Crippen LogP) is 1.52. The lowest BCUT2D eigenvalue weighted by Gasteiger charge is -2.04. The van der Waals surface area contributed by atoms with Crippen molar-refractivity contribution in [2.75, 3.05) is 12.8 Å². The van der Waals surface area contributed by atoms with Gasteiger partial charge in [0.25, 0.3) is 0 Å². The topological polar surface area (TPSA) is 65.2 Å². The molecule has 1 aromatic heterocycles. The Labute approximate surface area is 84.2 Å². The zero-order valence-electron chi connectivity index (χ0n) is 7.30. The molecule has 0 spiro atoms. The molecule has 0 amide bonds. The van der Waals surface area contributed by atoms with Crippen molar-refractivity contribution in [3.63, 3.8) is 0 Å². The van der Waals surface area contributed by atoms with Crippen LogP contribution in [-0.4, -0.2) is 18.1 Å². The van der Waals surface area contributed by atoms with Crippen molar-refractivity contribution in [2.45, 2.75) is 6.92 Å². The fourth-order valence-electron chi connectivity index (χ4n) is 0.853. The van der Waals surface area contributed by atoms with E-state index in [0.717, 1.165) is 0 Å². The van der Waals surface area contributed by atoms with Gasteiger partial charge in [0.05, 0.1) is 18.5 Å². The maximum absolute atomic E-state index is 11.1. The molecule has 70 valence electrons. The molecule has 0 saturated carbocycles. The van der Waals surface area contributed by atoms with Crippen LogP contribution in [0.2, 0.25) is 0 Å². The molecule has 0 saturated heterocycles. The number of rotatable bonds is 1. The summed E-state index contributed by atoms with van der Waals surface area (Å²) in [7, 11) is 1.31. The first-order valence-electron chi connectivity index (χ1n) is 3.57. The summed E-state index contributed by atoms with van der Waals surface area (Å²) in [4.78, 5) is 15.1. The summed E-state index contributed by atoms with van der Waals surface area (Å²) < 4.78 is 5.18. The molecule has 0 aliphatic carbocycles. The van der Waals surface area contributed by atoms with Crippen molar-refractivity contribution in [3.05, 3.63) is 21.9 Å². The molecular formula is C8H9BrN2O2. The third-order valence-corrected chi connectivity index (χ3v) is 2.25. The van der Waals surface area contributed by atoms with E-state index >= 15 is 0 Å². The number of nitrogens with zero attached hydrogens (tertiary/aromatic N) is 1. The average Bonchev–Trinajstić information content (AvgIpc) is 2.12. The van der Waals surface area contributed by atoms with Gasteiger partial charge in [-0.15, -0.1) is 0 Å². The van der Waals surface area contributed by atoms with Gasteiger partial charge in [-0.25, -0.2) is 9.78 Å². The predicted molar refractivity (Wildman–Crippen MR) is 52.4 cm³/mol. The number of halogens is 1. The molecule has 0 fully saturated rings. The monoisotopic (exact) mass is 244 g/mol. The summed E-state index contributed by atoms with van der Waals surface area (Å²) in [5.41, 5.74) is 7.02. The van der Waals surface area contributed by atoms with Gasteiger partial charge in [0.1, 0.15) is 5.69 Å². The first kappa shape index (κ1) is 9.98. The number of nitrogen functional groups attached to an aromatic ring is 1. The first-order valence-corrected chi connectivity index (χ1v) is 4.36. The molecular weight excluding hydrogens is 236 g/mol. The Morgan fingerprint density at radius 3 is 2.77 bits per heavy atom. The summed E-state index contributed by atoms with van der Waals surface area (Å²) in [6.07, 6.45) is 0. The van der Waals surface area contributed by atoms with E-state index in [9.17, 15) is 4.79 Å². The van der Waals surface area contributed by atoms with Gasteiger partial charge in [-0.3, -0.25) is 0 Å². The van der Waals surface area contributed by atoms with Crippen LogP contribution in [0.25, 0.3) is 0 Å². The SMILES string of the molecule is COC(=O)c1cc(Br)c(N)c(C)n1. The van der Waals surface area contributed by atoms with E-state index < -0.39 is 5.97 Å². The number of aryl methyl sites for hydroxylation is 1. The van der Waals surface area contributed by atoms with Crippen LogP contribution in [0.1, 0.15) is 16.2 Å². The van der Waals surface area contributed by atoms with Crippen LogP contribution in [0.3, 0.4) is 0 Å². The van der Waals surface area contributed by atoms with Crippen LogP contribution >= 0.6 is 15.9 Å². The Morgan fingerprint density at radius 2 is 2.31 bits per heavy atom. The molecule has 4 nitrogen and oxygen atoms in total. The Bertz CT molecular complexity index is 329. The third-order valence-electron chi connectivity index (χ3n) is 1.59. The molecule has 0 aliphatic heterocycles. The van der Waals surface area contributed by atoms with E-state index in [4.69, 9.17) is 5.73 Å². The highest BCUT2D eigenvalue weighted by Gasteiger charge is 2.11. The van der Waals surface area contributed by atoms with E-state index in [1.807, 2.05) is 0 Å². The normalized spacial score (nSPS) is 9.77. The van der Waals surface area contributed by atoms with Crippen molar-refractivity contribution in [2.24, 2.45) is 0 Å². The van der Waals surface area contributed by atoms with Crippen LogP contribution < -0.4 is 5.73 Å². The third kappa shape index (κ3) is 1.98. The molecule has 1 heterocycles. The summed E-state index contributed by atoms with van der Waals surface area (Å²) in [5.74, 6) is -0.469. The van der Waals surface area contributed by atoms with Gasteiger partial charge in [-0.2, -0.15) is 0 Å². The van der Waals surface area contributed by atoms with Crippen LogP contribution in [-0.2, 0) is 4.74 Å². The summed E-state index contributed by atoms with van der Waals surface area (Å²) in [6, 6.07) is 1.54. The fourth-order valence-corrected chi connectivity index (χ4v) is 1.36. The van der Waals surface area contributed by atoms with E-state index in [1.54, 1.807) is 6.92 Å². The molecule has 0 aromatic carbocycles. The van der Waals surface area contributed by atoms with Gasteiger partial charge in [0.2, 0.25) is 0 Å². The second kappa shape index (κ2) is 3.74. The molecule has 0 unspecified atom stereocenters.